The maximum atomic E-state index is 13.2. The van der Waals surface area contributed by atoms with Gasteiger partial charge in [-0.3, -0.25) is 4.79 Å². The largest absolute Gasteiger partial charge is 0.339 e. The summed E-state index contributed by atoms with van der Waals surface area (Å²) in [5.74, 6) is -0.0818. The molecule has 0 aromatic heterocycles. The molecule has 1 fully saturated rings. The van der Waals surface area contributed by atoms with Gasteiger partial charge < -0.3 is 4.90 Å². The summed E-state index contributed by atoms with van der Waals surface area (Å²) in [4.78, 5) is 15.7. The molecule has 0 saturated carbocycles. The highest BCUT2D eigenvalue weighted by Crippen LogP contribution is 2.28. The fourth-order valence-electron chi connectivity index (χ4n) is 4.50. The van der Waals surface area contributed by atoms with Gasteiger partial charge in [0.1, 0.15) is 0 Å². The van der Waals surface area contributed by atoms with Crippen molar-refractivity contribution in [3.63, 3.8) is 0 Å². The van der Waals surface area contributed by atoms with Crippen molar-refractivity contribution < 1.29 is 13.2 Å². The molecular formula is C24H30N2O3S2. The molecule has 4 rings (SSSR count). The van der Waals surface area contributed by atoms with Crippen molar-refractivity contribution in [2.24, 2.45) is 0 Å². The zero-order valence-electron chi connectivity index (χ0n) is 18.2. The van der Waals surface area contributed by atoms with E-state index in [1.807, 2.05) is 24.1 Å². The second-order valence-electron chi connectivity index (χ2n) is 8.44. The highest BCUT2D eigenvalue weighted by molar-refractivity contribution is 7.98. The molecule has 1 saturated heterocycles. The molecule has 2 aromatic carbocycles. The van der Waals surface area contributed by atoms with Crippen molar-refractivity contribution in [1.82, 2.24) is 9.62 Å². The summed E-state index contributed by atoms with van der Waals surface area (Å²) in [5, 5.41) is 0. The van der Waals surface area contributed by atoms with Crippen molar-refractivity contribution in [2.75, 3.05) is 19.3 Å². The molecule has 1 heterocycles. The van der Waals surface area contributed by atoms with E-state index in [0.717, 1.165) is 49.2 Å². The van der Waals surface area contributed by atoms with Gasteiger partial charge in [-0.2, -0.15) is 0 Å². The molecule has 1 amide bonds. The van der Waals surface area contributed by atoms with Crippen LogP contribution in [0.25, 0.3) is 0 Å². The second-order valence-corrected chi connectivity index (χ2v) is 11.0. The summed E-state index contributed by atoms with van der Waals surface area (Å²) in [6, 6.07) is 10.8. The molecule has 31 heavy (non-hydrogen) atoms. The average molecular weight is 459 g/mol. The quantitative estimate of drug-likeness (QED) is 0.645. The number of likely N-dealkylation sites (tertiary alicyclic amines) is 1. The summed E-state index contributed by atoms with van der Waals surface area (Å²) < 4.78 is 29.1. The Bertz CT molecular complexity index is 1080. The lowest BCUT2D eigenvalue weighted by molar-refractivity contribution is 0.0789. The molecule has 0 bridgehead atoms. The predicted molar refractivity (Wildman–Crippen MR) is 125 cm³/mol. The Hall–Kier alpha value is -1.83. The number of fused-ring (bicyclic) bond motifs is 1. The summed E-state index contributed by atoms with van der Waals surface area (Å²) in [6.07, 6.45) is 8.47. The van der Waals surface area contributed by atoms with Crippen molar-refractivity contribution in [3.8, 4) is 0 Å². The van der Waals surface area contributed by atoms with Crippen LogP contribution in [-0.4, -0.2) is 38.6 Å². The summed E-state index contributed by atoms with van der Waals surface area (Å²) in [5.41, 5.74) is 4.15. The number of carbonyl (C=O) groups excluding carboxylic acids is 1. The molecule has 1 atom stereocenters. The molecule has 0 radical (unpaired) electrons. The molecule has 166 valence electrons. The van der Waals surface area contributed by atoms with E-state index in [2.05, 4.69) is 16.9 Å². The number of hydrogen-bond acceptors (Lipinski definition) is 4. The third-order valence-electron chi connectivity index (χ3n) is 6.31. The van der Waals surface area contributed by atoms with Crippen LogP contribution in [0, 0.1) is 0 Å². The normalized spacial score (nSPS) is 17.4. The first kappa shape index (κ1) is 22.4. The van der Waals surface area contributed by atoms with Crippen LogP contribution in [0.1, 0.15) is 65.7 Å². The average Bonchev–Trinajstić information content (AvgIpc) is 3.32. The van der Waals surface area contributed by atoms with Crippen molar-refractivity contribution >= 4 is 27.7 Å². The van der Waals surface area contributed by atoms with Crippen LogP contribution >= 0.6 is 11.8 Å². The first-order valence-corrected chi connectivity index (χ1v) is 13.7. The van der Waals surface area contributed by atoms with E-state index in [1.54, 1.807) is 12.1 Å². The first-order valence-electron chi connectivity index (χ1n) is 11.0. The standard InChI is InChI=1S/C24H30N2O3S2/c1-17(19-10-9-18-7-3-4-8-20(18)15-19)25-31(28,29)21-11-12-23(30-2)22(16-21)24(27)26-13-5-6-14-26/h9-12,15-17,25H,3-8,13-14H2,1-2H3/t17-/m1/s1. The lowest BCUT2D eigenvalue weighted by Gasteiger charge is -2.21. The number of hydrogen-bond donors (Lipinski definition) is 1. The van der Waals surface area contributed by atoms with Crippen LogP contribution in [0.5, 0.6) is 0 Å². The topological polar surface area (TPSA) is 66.5 Å². The minimum absolute atomic E-state index is 0.0818. The monoisotopic (exact) mass is 458 g/mol. The third kappa shape index (κ3) is 4.83. The number of rotatable bonds is 6. The molecule has 2 aliphatic rings. The maximum Gasteiger partial charge on any atom is 0.255 e. The van der Waals surface area contributed by atoms with Gasteiger partial charge in [-0.05, 0) is 86.6 Å². The molecule has 0 unspecified atom stereocenters. The minimum atomic E-state index is -3.76. The molecule has 5 nitrogen and oxygen atoms in total. The molecule has 1 aliphatic carbocycles. The number of thioether (sulfide) groups is 1. The number of aryl methyl sites for hydroxylation is 2. The molecule has 1 aliphatic heterocycles. The van der Waals surface area contributed by atoms with E-state index in [9.17, 15) is 13.2 Å². The van der Waals surface area contributed by atoms with Crippen LogP contribution in [0.2, 0.25) is 0 Å². The van der Waals surface area contributed by atoms with E-state index in [4.69, 9.17) is 0 Å². The summed E-state index contributed by atoms with van der Waals surface area (Å²) in [6.45, 7) is 3.34. The number of amides is 1. The van der Waals surface area contributed by atoms with Gasteiger partial charge in [0.2, 0.25) is 10.0 Å². The van der Waals surface area contributed by atoms with Gasteiger partial charge in [-0.1, -0.05) is 18.2 Å². The fourth-order valence-corrected chi connectivity index (χ4v) is 6.33. The Labute approximate surface area is 189 Å². The van der Waals surface area contributed by atoms with Crippen LogP contribution in [0.3, 0.4) is 0 Å². The van der Waals surface area contributed by atoms with Crippen LogP contribution in [-0.2, 0) is 22.9 Å². The number of sulfonamides is 1. The zero-order chi connectivity index (χ0) is 22.0. The van der Waals surface area contributed by atoms with Gasteiger partial charge in [0.15, 0.2) is 0 Å². The van der Waals surface area contributed by atoms with Gasteiger partial charge in [-0.15, -0.1) is 11.8 Å². The highest BCUT2D eigenvalue weighted by Gasteiger charge is 2.25. The Morgan fingerprint density at radius 3 is 2.42 bits per heavy atom. The van der Waals surface area contributed by atoms with E-state index >= 15 is 0 Å². The molecule has 0 spiro atoms. The Kier molecular flexibility index (Phi) is 6.74. The lowest BCUT2D eigenvalue weighted by atomic mass is 9.89. The van der Waals surface area contributed by atoms with Gasteiger partial charge in [-0.25, -0.2) is 13.1 Å². The SMILES string of the molecule is CSc1ccc(S(=O)(=O)N[C@H](C)c2ccc3c(c2)CCCC3)cc1C(=O)N1CCCC1. The van der Waals surface area contributed by atoms with Gasteiger partial charge in [0.05, 0.1) is 10.5 Å². The summed E-state index contributed by atoms with van der Waals surface area (Å²) >= 11 is 1.46. The number of nitrogens with one attached hydrogen (secondary N) is 1. The Balaban J connectivity index is 1.58. The van der Waals surface area contributed by atoms with Crippen molar-refractivity contribution in [2.45, 2.75) is 61.3 Å². The van der Waals surface area contributed by atoms with Gasteiger partial charge in [0, 0.05) is 24.0 Å². The van der Waals surface area contributed by atoms with E-state index in [1.165, 1.54) is 41.8 Å². The molecular weight excluding hydrogens is 428 g/mol. The summed E-state index contributed by atoms with van der Waals surface area (Å²) in [7, 11) is -3.76. The van der Waals surface area contributed by atoms with Gasteiger partial charge in [0.25, 0.3) is 5.91 Å². The zero-order valence-corrected chi connectivity index (χ0v) is 19.8. The minimum Gasteiger partial charge on any atom is -0.339 e. The Morgan fingerprint density at radius 1 is 1.00 bits per heavy atom. The van der Waals surface area contributed by atoms with Crippen LogP contribution < -0.4 is 4.72 Å². The third-order valence-corrected chi connectivity index (χ3v) is 8.64. The Morgan fingerprint density at radius 2 is 1.71 bits per heavy atom. The lowest BCUT2D eigenvalue weighted by Crippen LogP contribution is -2.29. The number of carbonyl (C=O) groups is 1. The molecule has 7 heteroatoms. The van der Waals surface area contributed by atoms with Crippen LogP contribution in [0.4, 0.5) is 0 Å². The van der Waals surface area contributed by atoms with Crippen molar-refractivity contribution in [3.05, 3.63) is 58.7 Å². The van der Waals surface area contributed by atoms with E-state index in [-0.39, 0.29) is 16.8 Å². The van der Waals surface area contributed by atoms with Crippen molar-refractivity contribution in [1.29, 1.82) is 0 Å². The van der Waals surface area contributed by atoms with Crippen LogP contribution in [0.15, 0.2) is 46.2 Å². The van der Waals surface area contributed by atoms with E-state index < -0.39 is 10.0 Å². The maximum absolute atomic E-state index is 13.2. The fraction of sp³-hybridized carbons (Fsp3) is 0.458. The van der Waals surface area contributed by atoms with Gasteiger partial charge >= 0.3 is 0 Å². The number of nitrogens with zero attached hydrogens (tertiary/aromatic N) is 1. The second kappa shape index (κ2) is 9.35. The first-order chi connectivity index (χ1) is 14.9. The molecule has 2 aromatic rings. The molecule has 1 N–H and O–H groups in total. The smallest absolute Gasteiger partial charge is 0.255 e. The van der Waals surface area contributed by atoms with E-state index in [0.29, 0.717) is 5.56 Å². The highest BCUT2D eigenvalue weighted by atomic mass is 32.2. The number of benzene rings is 2. The predicted octanol–water partition coefficient (Wildman–Crippen LogP) is 4.56.